The number of carbonyl (C=O) groups excluding carboxylic acids is 1. The number of hydrogen-bond donors (Lipinski definition) is 0. The molecule has 1 aliphatic heterocycles. The summed E-state index contributed by atoms with van der Waals surface area (Å²) in [5.74, 6) is 0.307. The summed E-state index contributed by atoms with van der Waals surface area (Å²) >= 11 is 0. The van der Waals surface area contributed by atoms with Gasteiger partial charge in [0.15, 0.2) is 5.78 Å². The smallest absolute Gasteiger partial charge is 0.161 e. The third-order valence-corrected chi connectivity index (χ3v) is 2.62. The van der Waals surface area contributed by atoms with Crippen LogP contribution in [0.5, 0.6) is 0 Å². The summed E-state index contributed by atoms with van der Waals surface area (Å²) in [6, 6.07) is 0. The van der Waals surface area contributed by atoms with Crippen molar-refractivity contribution in [2.24, 2.45) is 0 Å². The first kappa shape index (κ1) is 11.4. The van der Waals surface area contributed by atoms with Crippen LogP contribution in [-0.2, 0) is 9.53 Å². The Kier molecular flexibility index (Phi) is 5.53. The van der Waals surface area contributed by atoms with Gasteiger partial charge in [0.1, 0.15) is 6.10 Å². The molecule has 1 atom stereocenters. The predicted molar refractivity (Wildman–Crippen MR) is 57.3 cm³/mol. The van der Waals surface area contributed by atoms with Gasteiger partial charge < -0.3 is 4.74 Å². The van der Waals surface area contributed by atoms with Gasteiger partial charge in [-0.3, -0.25) is 4.79 Å². The van der Waals surface area contributed by atoms with Gasteiger partial charge in [-0.1, -0.05) is 12.5 Å². The van der Waals surface area contributed by atoms with Crippen LogP contribution >= 0.6 is 0 Å². The lowest BCUT2D eigenvalue weighted by Crippen LogP contribution is -2.18. The van der Waals surface area contributed by atoms with Gasteiger partial charge >= 0.3 is 0 Å². The van der Waals surface area contributed by atoms with E-state index in [9.17, 15) is 4.79 Å². The van der Waals surface area contributed by atoms with E-state index in [2.05, 4.69) is 6.58 Å². The zero-order chi connectivity index (χ0) is 10.2. The summed E-state index contributed by atoms with van der Waals surface area (Å²) in [7, 11) is 0. The number of carbonyl (C=O) groups is 1. The van der Waals surface area contributed by atoms with Crippen molar-refractivity contribution in [2.75, 3.05) is 6.61 Å². The number of rotatable bonds is 7. The number of ketones is 1. The molecule has 0 spiro atoms. The number of ether oxygens (including phenoxy) is 1. The van der Waals surface area contributed by atoms with E-state index in [1.165, 1.54) is 0 Å². The Balaban J connectivity index is 2.00. The van der Waals surface area contributed by atoms with Crippen LogP contribution in [0.1, 0.15) is 44.9 Å². The molecule has 1 unspecified atom stereocenters. The van der Waals surface area contributed by atoms with Crippen molar-refractivity contribution in [2.45, 2.75) is 51.0 Å². The average Bonchev–Trinajstić information content (AvgIpc) is 2.70. The molecule has 0 amide bonds. The third kappa shape index (κ3) is 4.05. The number of allylic oxidation sites excluding steroid dienone is 1. The molecule has 0 saturated carbocycles. The van der Waals surface area contributed by atoms with Gasteiger partial charge in [0.2, 0.25) is 0 Å². The highest BCUT2D eigenvalue weighted by Crippen LogP contribution is 2.16. The van der Waals surface area contributed by atoms with Gasteiger partial charge in [-0.2, -0.15) is 0 Å². The molecule has 2 heteroatoms. The Morgan fingerprint density at radius 2 is 2.29 bits per heavy atom. The van der Waals surface area contributed by atoms with Crippen molar-refractivity contribution in [1.29, 1.82) is 0 Å². The van der Waals surface area contributed by atoms with Crippen molar-refractivity contribution in [3.63, 3.8) is 0 Å². The topological polar surface area (TPSA) is 26.3 Å². The molecule has 0 aromatic rings. The van der Waals surface area contributed by atoms with E-state index in [-0.39, 0.29) is 6.10 Å². The Morgan fingerprint density at radius 1 is 1.43 bits per heavy atom. The molecule has 80 valence electrons. The quantitative estimate of drug-likeness (QED) is 0.462. The summed E-state index contributed by atoms with van der Waals surface area (Å²) < 4.78 is 5.33. The zero-order valence-corrected chi connectivity index (χ0v) is 8.84. The summed E-state index contributed by atoms with van der Waals surface area (Å²) in [5, 5.41) is 0. The van der Waals surface area contributed by atoms with Gasteiger partial charge in [0, 0.05) is 13.0 Å². The van der Waals surface area contributed by atoms with Crippen LogP contribution in [0, 0.1) is 0 Å². The molecular formula is C12H20O2. The highest BCUT2D eigenvalue weighted by atomic mass is 16.5. The molecule has 1 fully saturated rings. The molecule has 1 heterocycles. The Hall–Kier alpha value is -0.630. The first-order chi connectivity index (χ1) is 6.84. The van der Waals surface area contributed by atoms with E-state index < -0.39 is 0 Å². The Labute approximate surface area is 86.3 Å². The van der Waals surface area contributed by atoms with Crippen molar-refractivity contribution in [3.8, 4) is 0 Å². The highest BCUT2D eigenvalue weighted by molar-refractivity contribution is 5.83. The fourth-order valence-corrected chi connectivity index (χ4v) is 1.76. The van der Waals surface area contributed by atoms with Crippen LogP contribution < -0.4 is 0 Å². The first-order valence-electron chi connectivity index (χ1n) is 5.60. The van der Waals surface area contributed by atoms with Gasteiger partial charge in [0.25, 0.3) is 0 Å². The first-order valence-corrected chi connectivity index (χ1v) is 5.60. The molecular weight excluding hydrogens is 176 g/mol. The number of unbranched alkanes of at least 4 members (excludes halogenated alkanes) is 3. The molecule has 0 bridgehead atoms. The lowest BCUT2D eigenvalue weighted by molar-refractivity contribution is -0.127. The van der Waals surface area contributed by atoms with Gasteiger partial charge in [0.05, 0.1) is 0 Å². The predicted octanol–water partition coefficient (Wildman–Crippen LogP) is 2.87. The maximum absolute atomic E-state index is 11.5. The molecule has 14 heavy (non-hydrogen) atoms. The molecule has 0 aromatic carbocycles. The Bertz CT molecular complexity index is 181. The van der Waals surface area contributed by atoms with E-state index >= 15 is 0 Å². The van der Waals surface area contributed by atoms with Crippen molar-refractivity contribution < 1.29 is 9.53 Å². The lowest BCUT2D eigenvalue weighted by Gasteiger charge is -2.07. The minimum atomic E-state index is -0.0746. The maximum atomic E-state index is 11.5. The minimum absolute atomic E-state index is 0.0746. The van der Waals surface area contributed by atoms with Gasteiger partial charge in [-0.25, -0.2) is 0 Å². The fourth-order valence-electron chi connectivity index (χ4n) is 1.76. The van der Waals surface area contributed by atoms with Crippen LogP contribution in [0.2, 0.25) is 0 Å². The fraction of sp³-hybridized carbons (Fsp3) is 0.750. The van der Waals surface area contributed by atoms with Gasteiger partial charge in [-0.15, -0.1) is 6.58 Å². The number of Topliss-reactive ketones (excluding diaryl/α,β-unsaturated/α-hetero) is 1. The normalized spacial score (nSPS) is 21.0. The second-order valence-electron chi connectivity index (χ2n) is 3.86. The zero-order valence-electron chi connectivity index (χ0n) is 8.84. The molecule has 0 radical (unpaired) electrons. The van der Waals surface area contributed by atoms with Gasteiger partial charge in [-0.05, 0) is 32.1 Å². The highest BCUT2D eigenvalue weighted by Gasteiger charge is 2.22. The molecule has 1 aliphatic rings. The average molecular weight is 196 g/mol. The molecule has 0 aliphatic carbocycles. The molecule has 2 nitrogen and oxygen atoms in total. The van der Waals surface area contributed by atoms with Crippen molar-refractivity contribution in [1.82, 2.24) is 0 Å². The van der Waals surface area contributed by atoms with E-state index in [0.29, 0.717) is 12.2 Å². The second-order valence-corrected chi connectivity index (χ2v) is 3.86. The number of hydrogen-bond acceptors (Lipinski definition) is 2. The van der Waals surface area contributed by atoms with Crippen LogP contribution in [0.3, 0.4) is 0 Å². The summed E-state index contributed by atoms with van der Waals surface area (Å²) in [4.78, 5) is 11.5. The molecule has 0 aromatic heterocycles. The van der Waals surface area contributed by atoms with E-state index in [4.69, 9.17) is 4.74 Å². The van der Waals surface area contributed by atoms with Crippen LogP contribution in [0.15, 0.2) is 12.7 Å². The van der Waals surface area contributed by atoms with E-state index in [1.807, 2.05) is 6.08 Å². The van der Waals surface area contributed by atoms with E-state index in [0.717, 1.165) is 45.1 Å². The standard InChI is InChI=1S/C12H20O2/c1-2-3-4-5-6-8-11(13)12-9-7-10-14-12/h2,12H,1,3-10H2. The lowest BCUT2D eigenvalue weighted by atomic mass is 10.0. The van der Waals surface area contributed by atoms with Crippen LogP contribution in [0.25, 0.3) is 0 Å². The summed E-state index contributed by atoms with van der Waals surface area (Å²) in [6.07, 6.45) is 8.89. The summed E-state index contributed by atoms with van der Waals surface area (Å²) in [5.41, 5.74) is 0. The third-order valence-electron chi connectivity index (χ3n) is 2.62. The van der Waals surface area contributed by atoms with Crippen LogP contribution in [0.4, 0.5) is 0 Å². The maximum Gasteiger partial charge on any atom is 0.161 e. The SMILES string of the molecule is C=CCCCCCC(=O)C1CCCO1. The van der Waals surface area contributed by atoms with Crippen molar-refractivity contribution >= 4 is 5.78 Å². The van der Waals surface area contributed by atoms with Crippen LogP contribution in [-0.4, -0.2) is 18.5 Å². The van der Waals surface area contributed by atoms with E-state index in [1.54, 1.807) is 0 Å². The minimum Gasteiger partial charge on any atom is -0.370 e. The molecule has 1 saturated heterocycles. The van der Waals surface area contributed by atoms with Crippen molar-refractivity contribution in [3.05, 3.63) is 12.7 Å². The molecule has 1 rings (SSSR count). The Morgan fingerprint density at radius 3 is 2.93 bits per heavy atom. The largest absolute Gasteiger partial charge is 0.370 e. The summed E-state index contributed by atoms with van der Waals surface area (Å²) in [6.45, 7) is 4.44. The molecule has 0 N–H and O–H groups in total. The second kappa shape index (κ2) is 6.77. The monoisotopic (exact) mass is 196 g/mol.